The minimum absolute atomic E-state index is 0.0291. The number of anilines is 1. The van der Waals surface area contributed by atoms with Gasteiger partial charge in [0.2, 0.25) is 0 Å². The van der Waals surface area contributed by atoms with E-state index < -0.39 is 17.4 Å². The van der Waals surface area contributed by atoms with E-state index in [1.807, 2.05) is 20.8 Å². The fraction of sp³-hybridized carbons (Fsp3) is 0.643. The molecule has 1 amide bonds. The van der Waals surface area contributed by atoms with Crippen LogP contribution >= 0.6 is 0 Å². The van der Waals surface area contributed by atoms with Gasteiger partial charge in [0.15, 0.2) is 5.69 Å². The Morgan fingerprint density at radius 2 is 2.14 bits per heavy atom. The lowest BCUT2D eigenvalue weighted by Gasteiger charge is -2.32. The van der Waals surface area contributed by atoms with E-state index in [4.69, 9.17) is 16.2 Å². The summed E-state index contributed by atoms with van der Waals surface area (Å²) >= 11 is 0. The molecule has 0 spiro atoms. The lowest BCUT2D eigenvalue weighted by atomic mass is 9.93. The number of piperidine rings is 1. The third-order valence-electron chi connectivity index (χ3n) is 3.49. The second kappa shape index (κ2) is 5.96. The van der Waals surface area contributed by atoms with E-state index in [0.717, 1.165) is 6.54 Å². The van der Waals surface area contributed by atoms with Crippen LogP contribution in [0.25, 0.3) is 0 Å². The summed E-state index contributed by atoms with van der Waals surface area (Å²) in [5.74, 6) is -1.37. The molecule has 5 N–H and O–H groups in total. The molecule has 2 rings (SSSR count). The van der Waals surface area contributed by atoms with Crippen LogP contribution in [-0.2, 0) is 9.53 Å². The quantitative estimate of drug-likeness (QED) is 0.678. The summed E-state index contributed by atoms with van der Waals surface area (Å²) in [5, 5.41) is 7.32. The summed E-state index contributed by atoms with van der Waals surface area (Å²) in [5.41, 5.74) is 10.7. The Labute approximate surface area is 129 Å². The fourth-order valence-corrected chi connectivity index (χ4v) is 2.55. The smallest absolute Gasteiger partial charge is 0.312 e. The first-order valence-electron chi connectivity index (χ1n) is 7.27. The van der Waals surface area contributed by atoms with Gasteiger partial charge in [-0.3, -0.25) is 14.3 Å². The van der Waals surface area contributed by atoms with E-state index >= 15 is 0 Å². The number of ether oxygens (including phenoxy) is 1. The van der Waals surface area contributed by atoms with Gasteiger partial charge in [-0.15, -0.1) is 0 Å². The van der Waals surface area contributed by atoms with Gasteiger partial charge in [-0.05, 0) is 33.7 Å². The molecule has 0 bridgehead atoms. The first kappa shape index (κ1) is 16.3. The molecule has 1 aromatic rings. The molecule has 2 unspecified atom stereocenters. The van der Waals surface area contributed by atoms with E-state index in [2.05, 4.69) is 10.4 Å². The summed E-state index contributed by atoms with van der Waals surface area (Å²) < 4.78 is 7.03. The van der Waals surface area contributed by atoms with Crippen molar-refractivity contribution < 1.29 is 14.3 Å². The Morgan fingerprint density at radius 1 is 1.45 bits per heavy atom. The van der Waals surface area contributed by atoms with Crippen LogP contribution in [0, 0.1) is 5.92 Å². The van der Waals surface area contributed by atoms with Crippen LogP contribution in [0.5, 0.6) is 0 Å². The highest BCUT2D eigenvalue weighted by Crippen LogP contribution is 2.28. The zero-order chi connectivity index (χ0) is 16.5. The Bertz CT molecular complexity index is 576. The zero-order valence-electron chi connectivity index (χ0n) is 13.1. The van der Waals surface area contributed by atoms with Crippen molar-refractivity contribution in [3.8, 4) is 0 Å². The molecule has 2 atom stereocenters. The van der Waals surface area contributed by atoms with Crippen molar-refractivity contribution in [1.29, 1.82) is 0 Å². The number of nitrogens with one attached hydrogen (secondary N) is 1. The lowest BCUT2D eigenvalue weighted by Crippen LogP contribution is -2.44. The second-order valence-corrected chi connectivity index (χ2v) is 6.48. The number of nitrogens with zero attached hydrogens (tertiary/aromatic N) is 2. The summed E-state index contributed by atoms with van der Waals surface area (Å²) in [7, 11) is 0. The normalized spacial score (nSPS) is 22.3. The molecule has 0 radical (unpaired) electrons. The average molecular weight is 309 g/mol. The van der Waals surface area contributed by atoms with Crippen LogP contribution in [0.2, 0.25) is 0 Å². The van der Waals surface area contributed by atoms with Crippen LogP contribution in [0.4, 0.5) is 5.69 Å². The average Bonchev–Trinajstić information content (AvgIpc) is 2.79. The van der Waals surface area contributed by atoms with Crippen molar-refractivity contribution in [3.63, 3.8) is 0 Å². The summed E-state index contributed by atoms with van der Waals surface area (Å²) in [6.07, 6.45) is 2.23. The van der Waals surface area contributed by atoms with E-state index in [-0.39, 0.29) is 23.4 Å². The molecule has 0 aliphatic carbocycles. The van der Waals surface area contributed by atoms with Crippen LogP contribution in [-0.4, -0.2) is 40.3 Å². The van der Waals surface area contributed by atoms with Crippen molar-refractivity contribution in [2.75, 3.05) is 18.8 Å². The number of esters is 1. The number of nitrogen functional groups attached to an aromatic ring is 1. The van der Waals surface area contributed by atoms with E-state index in [1.54, 1.807) is 10.9 Å². The molecular formula is C14H23N5O3. The number of hydrogen-bond donors (Lipinski definition) is 3. The number of carbonyl (C=O) groups excluding carboxylic acids is 2. The number of carbonyl (C=O) groups is 2. The molecule has 0 saturated carbocycles. The predicted octanol–water partition coefficient (Wildman–Crippen LogP) is 0.0565. The zero-order valence-corrected chi connectivity index (χ0v) is 13.1. The molecular weight excluding hydrogens is 286 g/mol. The summed E-state index contributed by atoms with van der Waals surface area (Å²) in [4.78, 5) is 23.7. The number of hydrogen-bond acceptors (Lipinski definition) is 6. The molecule has 1 aliphatic rings. The van der Waals surface area contributed by atoms with Crippen molar-refractivity contribution in [2.45, 2.75) is 38.8 Å². The van der Waals surface area contributed by atoms with Crippen molar-refractivity contribution in [3.05, 3.63) is 11.9 Å². The minimum atomic E-state index is -0.681. The van der Waals surface area contributed by atoms with Crippen LogP contribution < -0.4 is 16.8 Å². The van der Waals surface area contributed by atoms with Gasteiger partial charge in [-0.25, -0.2) is 0 Å². The predicted molar refractivity (Wildman–Crippen MR) is 81.0 cm³/mol. The van der Waals surface area contributed by atoms with E-state index in [0.29, 0.717) is 13.0 Å². The maximum atomic E-state index is 12.4. The highest BCUT2D eigenvalue weighted by molar-refractivity contribution is 5.95. The number of aromatic nitrogens is 2. The molecule has 8 heteroatoms. The monoisotopic (exact) mass is 309 g/mol. The third kappa shape index (κ3) is 3.56. The van der Waals surface area contributed by atoms with E-state index in [1.165, 1.54) is 0 Å². The second-order valence-electron chi connectivity index (χ2n) is 6.48. The Hall–Kier alpha value is -2.09. The standard InChI is InChI=1S/C14H23N5O3/c1-14(2,3)22-13(21)8-6-17-5-4-10(8)19-7-9(15)11(18-19)12(16)20/h7-8,10,17H,4-6,15H2,1-3H3,(H2,16,20). The third-order valence-corrected chi connectivity index (χ3v) is 3.49. The highest BCUT2D eigenvalue weighted by Gasteiger charge is 2.36. The molecule has 0 aromatic carbocycles. The van der Waals surface area contributed by atoms with Crippen molar-refractivity contribution >= 4 is 17.6 Å². The highest BCUT2D eigenvalue weighted by atomic mass is 16.6. The van der Waals surface area contributed by atoms with Gasteiger partial charge in [0, 0.05) is 12.7 Å². The van der Waals surface area contributed by atoms with Gasteiger partial charge in [0.05, 0.1) is 17.6 Å². The van der Waals surface area contributed by atoms with Crippen molar-refractivity contribution in [1.82, 2.24) is 15.1 Å². The molecule has 1 fully saturated rings. The first-order chi connectivity index (χ1) is 10.2. The molecule has 22 heavy (non-hydrogen) atoms. The van der Waals surface area contributed by atoms with Gasteiger partial charge in [0.1, 0.15) is 5.60 Å². The molecule has 122 valence electrons. The number of rotatable bonds is 3. The first-order valence-corrected chi connectivity index (χ1v) is 7.27. The van der Waals surface area contributed by atoms with Gasteiger partial charge >= 0.3 is 5.97 Å². The van der Waals surface area contributed by atoms with Gasteiger partial charge in [-0.1, -0.05) is 0 Å². The maximum absolute atomic E-state index is 12.4. The SMILES string of the molecule is CC(C)(C)OC(=O)C1CNCCC1n1cc(N)c(C(N)=O)n1. The summed E-state index contributed by atoms with van der Waals surface area (Å²) in [6.45, 7) is 6.72. The fourth-order valence-electron chi connectivity index (χ4n) is 2.55. The van der Waals surface area contributed by atoms with Gasteiger partial charge < -0.3 is 21.5 Å². The van der Waals surface area contributed by atoms with Crippen molar-refractivity contribution in [2.24, 2.45) is 11.7 Å². The molecule has 1 aliphatic heterocycles. The Kier molecular flexibility index (Phi) is 4.41. The lowest BCUT2D eigenvalue weighted by molar-refractivity contribution is -0.162. The topological polar surface area (TPSA) is 125 Å². The molecule has 1 saturated heterocycles. The maximum Gasteiger partial charge on any atom is 0.312 e. The van der Waals surface area contributed by atoms with Crippen LogP contribution in [0.15, 0.2) is 6.20 Å². The van der Waals surface area contributed by atoms with Gasteiger partial charge in [-0.2, -0.15) is 5.10 Å². The largest absolute Gasteiger partial charge is 0.460 e. The van der Waals surface area contributed by atoms with Crippen LogP contribution in [0.1, 0.15) is 43.7 Å². The Morgan fingerprint density at radius 3 is 2.68 bits per heavy atom. The minimum Gasteiger partial charge on any atom is -0.460 e. The summed E-state index contributed by atoms with van der Waals surface area (Å²) in [6, 6.07) is -0.216. The molecule has 8 nitrogen and oxygen atoms in total. The van der Waals surface area contributed by atoms with E-state index in [9.17, 15) is 9.59 Å². The number of amides is 1. The molecule has 1 aromatic heterocycles. The number of nitrogens with two attached hydrogens (primary N) is 2. The van der Waals surface area contributed by atoms with Crippen LogP contribution in [0.3, 0.4) is 0 Å². The Balaban J connectivity index is 2.25. The van der Waals surface area contributed by atoms with Gasteiger partial charge in [0.25, 0.3) is 5.91 Å². The molecule has 2 heterocycles. The number of primary amides is 1.